The van der Waals surface area contributed by atoms with Gasteiger partial charge in [0, 0.05) is 18.2 Å². The molecule has 2 N–H and O–H groups in total. The minimum Gasteiger partial charge on any atom is -0.394 e. The summed E-state index contributed by atoms with van der Waals surface area (Å²) in [6.45, 7) is 1.15. The van der Waals surface area contributed by atoms with Crippen molar-refractivity contribution in [2.24, 2.45) is 0 Å². The summed E-state index contributed by atoms with van der Waals surface area (Å²) in [5.41, 5.74) is -1.75. The first-order valence-electron chi connectivity index (χ1n) is 5.32. The maximum absolute atomic E-state index is 11.8. The molecule has 0 spiro atoms. The van der Waals surface area contributed by atoms with Gasteiger partial charge in [-0.3, -0.25) is 25.0 Å². The van der Waals surface area contributed by atoms with E-state index in [2.05, 4.69) is 5.32 Å². The van der Waals surface area contributed by atoms with Crippen LogP contribution < -0.4 is 5.32 Å². The first-order valence-corrected chi connectivity index (χ1v) is 5.69. The molecule has 0 bridgehead atoms. The number of nitro groups is 2. The minimum absolute atomic E-state index is 0.284. The van der Waals surface area contributed by atoms with E-state index in [1.807, 2.05) is 0 Å². The van der Waals surface area contributed by atoms with Gasteiger partial charge < -0.3 is 10.4 Å². The average molecular weight is 304 g/mol. The molecule has 1 atom stereocenters. The van der Waals surface area contributed by atoms with Crippen LogP contribution in [0.4, 0.5) is 11.4 Å². The predicted octanol–water partition coefficient (Wildman–Crippen LogP) is 1.27. The van der Waals surface area contributed by atoms with E-state index in [0.717, 1.165) is 12.1 Å². The molecule has 20 heavy (non-hydrogen) atoms. The van der Waals surface area contributed by atoms with E-state index in [1.165, 1.54) is 6.92 Å². The zero-order valence-corrected chi connectivity index (χ0v) is 11.0. The molecule has 0 saturated carbocycles. The van der Waals surface area contributed by atoms with Gasteiger partial charge in [-0.15, -0.1) is 0 Å². The molecule has 9 nitrogen and oxygen atoms in total. The number of halogens is 1. The maximum Gasteiger partial charge on any atom is 0.295 e. The van der Waals surface area contributed by atoms with Crippen molar-refractivity contribution >= 4 is 28.9 Å². The highest BCUT2D eigenvalue weighted by molar-refractivity contribution is 6.35. The number of benzene rings is 1. The number of carbonyl (C=O) groups is 1. The molecule has 10 heteroatoms. The summed E-state index contributed by atoms with van der Waals surface area (Å²) in [6.07, 6.45) is 0. The number of carbonyl (C=O) groups excluding carboxylic acids is 1. The van der Waals surface area contributed by atoms with Crippen LogP contribution in [0.25, 0.3) is 0 Å². The number of nitro benzene ring substituents is 2. The Morgan fingerprint density at radius 1 is 1.35 bits per heavy atom. The van der Waals surface area contributed by atoms with Gasteiger partial charge in [0.1, 0.15) is 0 Å². The highest BCUT2D eigenvalue weighted by atomic mass is 35.5. The monoisotopic (exact) mass is 303 g/mol. The predicted molar refractivity (Wildman–Crippen MR) is 68.8 cm³/mol. The fraction of sp³-hybridized carbons (Fsp3) is 0.300. The third-order valence-corrected chi connectivity index (χ3v) is 2.73. The zero-order chi connectivity index (χ0) is 15.4. The third kappa shape index (κ3) is 3.39. The van der Waals surface area contributed by atoms with Crippen molar-refractivity contribution < 1.29 is 19.7 Å². The van der Waals surface area contributed by atoms with Gasteiger partial charge in [0.25, 0.3) is 17.3 Å². The van der Waals surface area contributed by atoms with Crippen LogP contribution in [0.1, 0.15) is 17.3 Å². The molecular formula is C10H10ClN3O6. The van der Waals surface area contributed by atoms with Crippen molar-refractivity contribution in [2.45, 2.75) is 13.0 Å². The fourth-order valence-corrected chi connectivity index (χ4v) is 1.59. The highest BCUT2D eigenvalue weighted by Gasteiger charge is 2.27. The third-order valence-electron chi connectivity index (χ3n) is 2.34. The summed E-state index contributed by atoms with van der Waals surface area (Å²) in [7, 11) is 0. The lowest BCUT2D eigenvalue weighted by molar-refractivity contribution is -0.393. The largest absolute Gasteiger partial charge is 0.394 e. The number of nitrogens with one attached hydrogen (secondary N) is 1. The van der Waals surface area contributed by atoms with Crippen LogP contribution in [0.3, 0.4) is 0 Å². The Morgan fingerprint density at radius 2 is 1.80 bits per heavy atom. The van der Waals surface area contributed by atoms with E-state index in [0.29, 0.717) is 0 Å². The molecule has 0 aliphatic rings. The average Bonchev–Trinajstić information content (AvgIpc) is 2.37. The van der Waals surface area contributed by atoms with Crippen molar-refractivity contribution in [3.8, 4) is 0 Å². The lowest BCUT2D eigenvalue weighted by Crippen LogP contribution is -2.35. The first-order chi connectivity index (χ1) is 9.27. The van der Waals surface area contributed by atoms with E-state index < -0.39 is 38.2 Å². The number of aliphatic hydroxyl groups excluding tert-OH is 1. The van der Waals surface area contributed by atoms with E-state index in [4.69, 9.17) is 16.7 Å². The summed E-state index contributed by atoms with van der Waals surface area (Å²) in [4.78, 5) is 31.5. The Labute approximate surface area is 117 Å². The van der Waals surface area contributed by atoms with Crippen LogP contribution in [0.2, 0.25) is 5.02 Å². The summed E-state index contributed by atoms with van der Waals surface area (Å²) in [6, 6.07) is 1.08. The Bertz CT molecular complexity index is 541. The van der Waals surface area contributed by atoms with Gasteiger partial charge in [-0.05, 0) is 6.92 Å². The van der Waals surface area contributed by atoms with Crippen molar-refractivity contribution in [1.29, 1.82) is 0 Å². The second kappa shape index (κ2) is 6.26. The fourth-order valence-electron chi connectivity index (χ4n) is 1.34. The molecule has 0 heterocycles. The molecule has 1 rings (SSSR count). The van der Waals surface area contributed by atoms with E-state index in [1.54, 1.807) is 0 Å². The Balaban J connectivity index is 3.31. The van der Waals surface area contributed by atoms with Crippen LogP contribution in [-0.2, 0) is 0 Å². The van der Waals surface area contributed by atoms with Crippen LogP contribution in [0.15, 0.2) is 12.1 Å². The molecule has 0 saturated heterocycles. The van der Waals surface area contributed by atoms with Gasteiger partial charge in [-0.1, -0.05) is 11.6 Å². The second-order valence-corrected chi connectivity index (χ2v) is 4.28. The summed E-state index contributed by atoms with van der Waals surface area (Å²) in [5, 5.41) is 32.0. The molecule has 0 fully saturated rings. The van der Waals surface area contributed by atoms with Crippen LogP contribution in [-0.4, -0.2) is 33.5 Å². The number of nitrogens with zero attached hydrogens (tertiary/aromatic N) is 2. The number of amides is 1. The van der Waals surface area contributed by atoms with Gasteiger partial charge in [-0.25, -0.2) is 0 Å². The summed E-state index contributed by atoms with van der Waals surface area (Å²) in [5.74, 6) is -0.783. The van der Waals surface area contributed by atoms with Crippen LogP contribution in [0.5, 0.6) is 0 Å². The van der Waals surface area contributed by atoms with Crippen LogP contribution >= 0.6 is 11.6 Å². The number of rotatable bonds is 5. The lowest BCUT2D eigenvalue weighted by atomic mass is 10.1. The van der Waals surface area contributed by atoms with Gasteiger partial charge in [0.2, 0.25) is 0 Å². The molecule has 0 aliphatic heterocycles. The van der Waals surface area contributed by atoms with Gasteiger partial charge in [0.15, 0.2) is 5.02 Å². The van der Waals surface area contributed by atoms with Gasteiger partial charge in [-0.2, -0.15) is 0 Å². The first kappa shape index (κ1) is 15.8. The van der Waals surface area contributed by atoms with Crippen molar-refractivity contribution in [3.05, 3.63) is 42.9 Å². The van der Waals surface area contributed by atoms with Crippen molar-refractivity contribution in [2.75, 3.05) is 6.61 Å². The van der Waals surface area contributed by atoms with Gasteiger partial charge in [0.05, 0.1) is 22.0 Å². The Kier molecular flexibility index (Phi) is 4.94. The van der Waals surface area contributed by atoms with E-state index in [9.17, 15) is 25.0 Å². The molecule has 0 unspecified atom stereocenters. The molecule has 1 aromatic rings. The smallest absolute Gasteiger partial charge is 0.295 e. The molecule has 0 radical (unpaired) electrons. The van der Waals surface area contributed by atoms with E-state index in [-0.39, 0.29) is 12.2 Å². The topological polar surface area (TPSA) is 136 Å². The van der Waals surface area contributed by atoms with Crippen molar-refractivity contribution in [1.82, 2.24) is 5.32 Å². The molecular weight excluding hydrogens is 294 g/mol. The van der Waals surface area contributed by atoms with E-state index >= 15 is 0 Å². The Morgan fingerprint density at radius 3 is 2.15 bits per heavy atom. The molecule has 1 amide bonds. The van der Waals surface area contributed by atoms with Crippen molar-refractivity contribution in [3.63, 3.8) is 0 Å². The summed E-state index contributed by atoms with van der Waals surface area (Å²) >= 11 is 5.55. The summed E-state index contributed by atoms with van der Waals surface area (Å²) < 4.78 is 0. The minimum atomic E-state index is -0.915. The highest BCUT2D eigenvalue weighted by Crippen LogP contribution is 2.34. The zero-order valence-electron chi connectivity index (χ0n) is 10.2. The number of hydrogen-bond donors (Lipinski definition) is 2. The Hall–Kier alpha value is -2.26. The number of aliphatic hydroxyl groups is 1. The molecule has 108 valence electrons. The second-order valence-electron chi connectivity index (χ2n) is 3.90. The number of hydrogen-bond acceptors (Lipinski definition) is 6. The van der Waals surface area contributed by atoms with Crippen LogP contribution in [0, 0.1) is 20.2 Å². The molecule has 1 aromatic carbocycles. The standard InChI is InChI=1S/C10H10ClN3O6/c1-5(4-15)12-10(16)6-2-7(13(17)18)9(11)8(3-6)14(19)20/h2-3,5,15H,4H2,1H3,(H,12,16)/t5-/m1/s1. The maximum atomic E-state index is 11.8. The van der Waals surface area contributed by atoms with Gasteiger partial charge >= 0.3 is 0 Å². The molecule has 0 aromatic heterocycles. The molecule has 0 aliphatic carbocycles. The SMILES string of the molecule is C[C@H](CO)NC(=O)c1cc([N+](=O)[O-])c(Cl)c([N+](=O)[O-])c1. The quantitative estimate of drug-likeness (QED) is 0.621. The lowest BCUT2D eigenvalue weighted by Gasteiger charge is -2.10. The normalized spacial score (nSPS) is 11.8.